The van der Waals surface area contributed by atoms with E-state index in [-0.39, 0.29) is 6.61 Å². The summed E-state index contributed by atoms with van der Waals surface area (Å²) in [4.78, 5) is 0. The van der Waals surface area contributed by atoms with E-state index in [0.29, 0.717) is 12.4 Å². The largest absolute Gasteiger partial charge is 0.496 e. The highest BCUT2D eigenvalue weighted by Crippen LogP contribution is 2.04. The molecule has 0 aromatic heterocycles. The molecule has 0 spiro atoms. The van der Waals surface area contributed by atoms with E-state index in [1.165, 1.54) is 0 Å². The van der Waals surface area contributed by atoms with Crippen molar-refractivity contribution in [1.29, 1.82) is 0 Å². The van der Waals surface area contributed by atoms with Crippen molar-refractivity contribution in [2.24, 2.45) is 0 Å². The fourth-order valence-corrected chi connectivity index (χ4v) is 2.22. The van der Waals surface area contributed by atoms with Gasteiger partial charge in [-0.25, -0.2) is 0 Å². The summed E-state index contributed by atoms with van der Waals surface area (Å²) in [6.07, 6.45) is 32.4. The topological polar surface area (TPSA) is 29.5 Å². The average Bonchev–Trinajstić information content (AvgIpc) is 2.66. The molecule has 0 radical (unpaired) electrons. The number of aliphatic hydroxyl groups is 1. The van der Waals surface area contributed by atoms with E-state index < -0.39 is 0 Å². The van der Waals surface area contributed by atoms with Gasteiger partial charge < -0.3 is 9.84 Å². The summed E-state index contributed by atoms with van der Waals surface area (Å²) in [5.41, 5.74) is 0. The van der Waals surface area contributed by atoms with Crippen molar-refractivity contribution in [2.45, 2.75) is 65.2 Å². The maximum absolute atomic E-state index is 9.08. The van der Waals surface area contributed by atoms with Crippen LogP contribution >= 0.6 is 0 Å². The first-order chi connectivity index (χ1) is 12.8. The molecular weight excluding hydrogens is 320 g/mol. The predicted octanol–water partition coefficient (Wildman–Crippen LogP) is 6.82. The number of aliphatic hydroxyl groups excluding tert-OH is 1. The number of rotatable bonds is 16. The third-order valence-electron chi connectivity index (χ3n) is 3.59. The van der Waals surface area contributed by atoms with Gasteiger partial charge in [0.15, 0.2) is 0 Å². The summed E-state index contributed by atoms with van der Waals surface area (Å²) in [6, 6.07) is 0. The monoisotopic (exact) mass is 358 g/mol. The normalized spacial score (nSPS) is 13.4. The highest BCUT2D eigenvalue weighted by atomic mass is 16.5. The van der Waals surface area contributed by atoms with Crippen LogP contribution in [-0.2, 0) is 4.74 Å². The molecule has 0 unspecified atom stereocenters. The summed E-state index contributed by atoms with van der Waals surface area (Å²) in [5.74, 6) is 0.691. The van der Waals surface area contributed by atoms with Crippen LogP contribution in [0, 0.1) is 0 Å². The fraction of sp³-hybridized carbons (Fsp3) is 0.500. The van der Waals surface area contributed by atoms with Gasteiger partial charge in [-0.05, 0) is 64.4 Å². The van der Waals surface area contributed by atoms with Crippen molar-refractivity contribution in [2.75, 3.05) is 13.2 Å². The Labute approximate surface area is 161 Å². The highest BCUT2D eigenvalue weighted by Gasteiger charge is 1.92. The Hall–Kier alpha value is -1.80. The molecule has 0 saturated carbocycles. The smallest absolute Gasteiger partial charge is 0.117 e. The van der Waals surface area contributed by atoms with Crippen LogP contribution in [0.15, 0.2) is 72.6 Å². The second kappa shape index (κ2) is 21.2. The number of hydrogen-bond donors (Lipinski definition) is 1. The minimum atomic E-state index is -0.00445. The molecule has 0 aromatic rings. The molecule has 0 bridgehead atoms. The van der Waals surface area contributed by atoms with Gasteiger partial charge >= 0.3 is 0 Å². The first-order valence-corrected chi connectivity index (χ1v) is 10.0. The molecular formula is C24H38O2. The standard InChI is InChI=1S/C24H38O2/c1-3-5-6-7-8-9-10-11-12-13-14-15-16-17-18-19-20-21-22-24(23-25)26-4-2/h5-6,8-9,11-12,14-15,17-18,22,25H,3-4,7,10,13,16,19-21,23H2,1-2H3/b6-5-,9-8-,12-11-,15-14-,18-17-,24-22-. The molecule has 0 saturated heterocycles. The van der Waals surface area contributed by atoms with Crippen molar-refractivity contribution in [3.8, 4) is 0 Å². The Bertz CT molecular complexity index is 465. The van der Waals surface area contributed by atoms with Crippen LogP contribution in [0.4, 0.5) is 0 Å². The van der Waals surface area contributed by atoms with Gasteiger partial charge in [-0.1, -0.05) is 67.7 Å². The molecule has 0 aliphatic heterocycles. The van der Waals surface area contributed by atoms with Gasteiger partial charge in [0, 0.05) is 0 Å². The van der Waals surface area contributed by atoms with Gasteiger partial charge in [0.25, 0.3) is 0 Å². The molecule has 0 heterocycles. The van der Waals surface area contributed by atoms with Crippen LogP contribution in [-0.4, -0.2) is 18.3 Å². The first kappa shape index (κ1) is 24.2. The van der Waals surface area contributed by atoms with E-state index in [1.807, 2.05) is 13.0 Å². The van der Waals surface area contributed by atoms with Crippen molar-refractivity contribution >= 4 is 0 Å². The zero-order chi connectivity index (χ0) is 19.1. The van der Waals surface area contributed by atoms with Gasteiger partial charge in [0.2, 0.25) is 0 Å². The SMILES string of the molecule is CC/C=C\C/C=C\C/C=C\C/C=C\C/C=C\CCC/C=C(/CO)OCC. The lowest BCUT2D eigenvalue weighted by Crippen LogP contribution is -1.96. The van der Waals surface area contributed by atoms with Crippen molar-refractivity contribution in [3.05, 3.63) is 72.6 Å². The number of hydrogen-bond acceptors (Lipinski definition) is 2. The second-order valence-corrected chi connectivity index (χ2v) is 5.90. The van der Waals surface area contributed by atoms with Crippen molar-refractivity contribution < 1.29 is 9.84 Å². The first-order valence-electron chi connectivity index (χ1n) is 10.0. The van der Waals surface area contributed by atoms with Crippen LogP contribution in [0.3, 0.4) is 0 Å². The van der Waals surface area contributed by atoms with Crippen LogP contribution < -0.4 is 0 Å². The van der Waals surface area contributed by atoms with E-state index in [2.05, 4.69) is 67.7 Å². The average molecular weight is 359 g/mol. The van der Waals surface area contributed by atoms with Crippen molar-refractivity contribution in [3.63, 3.8) is 0 Å². The van der Waals surface area contributed by atoms with Crippen LogP contribution in [0.25, 0.3) is 0 Å². The summed E-state index contributed by atoms with van der Waals surface area (Å²) >= 11 is 0. The van der Waals surface area contributed by atoms with Crippen LogP contribution in [0.1, 0.15) is 65.2 Å². The molecule has 0 fully saturated rings. The Kier molecular flexibility index (Phi) is 19.8. The Morgan fingerprint density at radius 3 is 1.65 bits per heavy atom. The predicted molar refractivity (Wildman–Crippen MR) is 115 cm³/mol. The summed E-state index contributed by atoms with van der Waals surface area (Å²) in [6.45, 7) is 4.69. The quantitative estimate of drug-likeness (QED) is 0.186. The maximum atomic E-state index is 9.08. The maximum Gasteiger partial charge on any atom is 0.117 e. The molecule has 0 aromatic carbocycles. The number of allylic oxidation sites excluding steroid dienone is 11. The minimum Gasteiger partial charge on any atom is -0.496 e. The lowest BCUT2D eigenvalue weighted by Gasteiger charge is -2.04. The van der Waals surface area contributed by atoms with Gasteiger partial charge in [-0.3, -0.25) is 0 Å². The summed E-state index contributed by atoms with van der Waals surface area (Å²) in [5, 5.41) is 9.08. The van der Waals surface area contributed by atoms with Gasteiger partial charge in [0.1, 0.15) is 12.4 Å². The fourth-order valence-electron chi connectivity index (χ4n) is 2.22. The van der Waals surface area contributed by atoms with Crippen LogP contribution in [0.2, 0.25) is 0 Å². The van der Waals surface area contributed by atoms with E-state index in [0.717, 1.165) is 51.4 Å². The molecule has 26 heavy (non-hydrogen) atoms. The molecule has 1 N–H and O–H groups in total. The lowest BCUT2D eigenvalue weighted by atomic mass is 10.2. The third kappa shape index (κ3) is 18.5. The zero-order valence-corrected chi connectivity index (χ0v) is 16.8. The van der Waals surface area contributed by atoms with Crippen molar-refractivity contribution in [1.82, 2.24) is 0 Å². The summed E-state index contributed by atoms with van der Waals surface area (Å²) in [7, 11) is 0. The number of ether oxygens (including phenoxy) is 1. The molecule has 2 nitrogen and oxygen atoms in total. The van der Waals surface area contributed by atoms with Crippen LogP contribution in [0.5, 0.6) is 0 Å². The van der Waals surface area contributed by atoms with E-state index in [1.54, 1.807) is 0 Å². The van der Waals surface area contributed by atoms with E-state index in [9.17, 15) is 0 Å². The van der Waals surface area contributed by atoms with Gasteiger partial charge in [-0.15, -0.1) is 0 Å². The number of unbranched alkanes of at least 4 members (excludes halogenated alkanes) is 2. The lowest BCUT2D eigenvalue weighted by molar-refractivity contribution is 0.170. The highest BCUT2D eigenvalue weighted by molar-refractivity contribution is 5.00. The Balaban J connectivity index is 3.58. The molecule has 146 valence electrons. The summed E-state index contributed by atoms with van der Waals surface area (Å²) < 4.78 is 5.30. The molecule has 0 aliphatic rings. The third-order valence-corrected chi connectivity index (χ3v) is 3.59. The zero-order valence-electron chi connectivity index (χ0n) is 16.8. The second-order valence-electron chi connectivity index (χ2n) is 5.90. The van der Waals surface area contributed by atoms with E-state index >= 15 is 0 Å². The Morgan fingerprint density at radius 2 is 1.19 bits per heavy atom. The molecule has 0 atom stereocenters. The minimum absolute atomic E-state index is 0.00445. The molecule has 0 rings (SSSR count). The van der Waals surface area contributed by atoms with Gasteiger partial charge in [-0.2, -0.15) is 0 Å². The van der Waals surface area contributed by atoms with E-state index in [4.69, 9.17) is 9.84 Å². The van der Waals surface area contributed by atoms with Gasteiger partial charge in [0.05, 0.1) is 6.61 Å². The Morgan fingerprint density at radius 1 is 0.692 bits per heavy atom. The molecule has 0 aliphatic carbocycles. The molecule has 0 amide bonds. The molecule has 2 heteroatoms.